The number of rotatable bonds is 7. The van der Waals surface area contributed by atoms with Crippen molar-refractivity contribution in [1.82, 2.24) is 10.2 Å². The zero-order valence-electron chi connectivity index (χ0n) is 20.2. The van der Waals surface area contributed by atoms with Crippen LogP contribution in [0.1, 0.15) is 24.2 Å². The molecule has 0 radical (unpaired) electrons. The van der Waals surface area contributed by atoms with Gasteiger partial charge in [0.05, 0.1) is 37.6 Å². The number of nitrogens with zero attached hydrogens (tertiary/aromatic N) is 1. The molecule has 3 heterocycles. The summed E-state index contributed by atoms with van der Waals surface area (Å²) < 4.78 is 15.9. The zero-order chi connectivity index (χ0) is 27.4. The molecule has 0 spiro atoms. The molecule has 0 bridgehead atoms. The van der Waals surface area contributed by atoms with Crippen molar-refractivity contribution in [2.75, 3.05) is 12.4 Å². The maximum absolute atomic E-state index is 13.2. The van der Waals surface area contributed by atoms with Crippen LogP contribution >= 0.6 is 23.2 Å². The normalized spacial score (nSPS) is 14.3. The lowest BCUT2D eigenvalue weighted by Crippen LogP contribution is -2.34. The number of furan rings is 2. The summed E-state index contributed by atoms with van der Waals surface area (Å²) in [6, 6.07) is 10.9. The summed E-state index contributed by atoms with van der Waals surface area (Å²) in [5.41, 5.74) is 0.871. The summed E-state index contributed by atoms with van der Waals surface area (Å²) in [6.07, 6.45) is 2.91. The van der Waals surface area contributed by atoms with E-state index in [0.29, 0.717) is 27.3 Å². The van der Waals surface area contributed by atoms with E-state index in [1.54, 1.807) is 31.2 Å². The molecule has 0 unspecified atom stereocenters. The second-order valence-electron chi connectivity index (χ2n) is 8.08. The Hall–Kier alpha value is -4.28. The molecule has 196 valence electrons. The Morgan fingerprint density at radius 1 is 1.05 bits per heavy atom. The van der Waals surface area contributed by atoms with Gasteiger partial charge in [0.25, 0.3) is 5.91 Å². The number of hydrogen-bond donors (Lipinski definition) is 2. The Kier molecular flexibility index (Phi) is 8.04. The van der Waals surface area contributed by atoms with Gasteiger partial charge in [0.2, 0.25) is 0 Å². The molecule has 2 aromatic heterocycles. The van der Waals surface area contributed by atoms with Crippen molar-refractivity contribution < 1.29 is 32.7 Å². The van der Waals surface area contributed by atoms with Crippen LogP contribution < -0.4 is 10.6 Å². The van der Waals surface area contributed by atoms with Crippen LogP contribution in [0.15, 0.2) is 74.4 Å². The molecule has 0 saturated carbocycles. The molecule has 3 amide bonds. The third kappa shape index (κ3) is 5.99. The van der Waals surface area contributed by atoms with Gasteiger partial charge in [0.15, 0.2) is 0 Å². The second kappa shape index (κ2) is 11.4. The molecule has 1 aliphatic heterocycles. The monoisotopic (exact) mass is 557 g/mol. The van der Waals surface area contributed by atoms with Gasteiger partial charge in [-0.2, -0.15) is 0 Å². The van der Waals surface area contributed by atoms with Crippen molar-refractivity contribution in [2.24, 2.45) is 0 Å². The summed E-state index contributed by atoms with van der Waals surface area (Å²) in [5, 5.41) is 5.45. The summed E-state index contributed by atoms with van der Waals surface area (Å²) in [5.74, 6) is -1.83. The molecular formula is C26H21Cl2N3O7. The number of amides is 3. The van der Waals surface area contributed by atoms with Crippen molar-refractivity contribution in [2.45, 2.75) is 20.0 Å². The van der Waals surface area contributed by atoms with Crippen LogP contribution in [-0.2, 0) is 37.0 Å². The SMILES string of the molecule is COC(=O)C1=C(C)N(Cc2ccco2)C(=O)C1=Cc1ccc(CNC(=O)C(=O)Nc2cc(Cl)cc(Cl)c2)o1. The summed E-state index contributed by atoms with van der Waals surface area (Å²) >= 11 is 11.8. The van der Waals surface area contributed by atoms with Crippen molar-refractivity contribution in [1.29, 1.82) is 0 Å². The van der Waals surface area contributed by atoms with Gasteiger partial charge in [0.1, 0.15) is 17.3 Å². The van der Waals surface area contributed by atoms with E-state index in [-0.39, 0.29) is 35.7 Å². The molecule has 0 atom stereocenters. The van der Waals surface area contributed by atoms with Gasteiger partial charge in [-0.25, -0.2) is 4.79 Å². The van der Waals surface area contributed by atoms with E-state index in [0.717, 1.165) is 0 Å². The quantitative estimate of drug-likeness (QED) is 0.251. The highest BCUT2D eigenvalue weighted by molar-refractivity contribution is 6.40. The molecule has 0 fully saturated rings. The molecule has 1 aromatic carbocycles. The molecule has 10 nitrogen and oxygen atoms in total. The number of nitrogens with one attached hydrogen (secondary N) is 2. The molecule has 4 rings (SSSR count). The molecule has 12 heteroatoms. The van der Waals surface area contributed by atoms with Crippen LogP contribution in [0.4, 0.5) is 5.69 Å². The highest BCUT2D eigenvalue weighted by Gasteiger charge is 2.37. The van der Waals surface area contributed by atoms with Crippen molar-refractivity contribution in [3.8, 4) is 0 Å². The number of allylic oxidation sites excluding steroid dienone is 1. The maximum Gasteiger partial charge on any atom is 0.340 e. The van der Waals surface area contributed by atoms with E-state index in [9.17, 15) is 19.2 Å². The lowest BCUT2D eigenvalue weighted by molar-refractivity contribution is -0.136. The minimum Gasteiger partial charge on any atom is -0.467 e. The number of esters is 1. The summed E-state index contributed by atoms with van der Waals surface area (Å²) in [7, 11) is 1.23. The predicted octanol–water partition coefficient (Wildman–Crippen LogP) is 4.31. The van der Waals surface area contributed by atoms with Gasteiger partial charge in [-0.3, -0.25) is 14.4 Å². The fraction of sp³-hybridized carbons (Fsp3) is 0.154. The molecular weight excluding hydrogens is 537 g/mol. The van der Waals surface area contributed by atoms with Crippen LogP contribution in [0.3, 0.4) is 0 Å². The molecule has 0 aliphatic carbocycles. The minimum atomic E-state index is -0.922. The Morgan fingerprint density at radius 2 is 1.79 bits per heavy atom. The van der Waals surface area contributed by atoms with Crippen molar-refractivity contribution in [3.05, 3.63) is 92.9 Å². The Balaban J connectivity index is 1.44. The Morgan fingerprint density at radius 3 is 2.45 bits per heavy atom. The van der Waals surface area contributed by atoms with Gasteiger partial charge >= 0.3 is 17.8 Å². The summed E-state index contributed by atoms with van der Waals surface area (Å²) in [4.78, 5) is 51.5. The van der Waals surface area contributed by atoms with Crippen LogP contribution in [0.5, 0.6) is 0 Å². The first kappa shape index (κ1) is 26.8. The predicted molar refractivity (Wildman–Crippen MR) is 138 cm³/mol. The van der Waals surface area contributed by atoms with Gasteiger partial charge in [0, 0.05) is 21.4 Å². The number of carbonyl (C=O) groups excluding carboxylic acids is 4. The number of halogens is 2. The first-order chi connectivity index (χ1) is 18.2. The van der Waals surface area contributed by atoms with Gasteiger partial charge in [-0.1, -0.05) is 23.2 Å². The molecule has 3 aromatic rings. The second-order valence-corrected chi connectivity index (χ2v) is 8.95. The zero-order valence-corrected chi connectivity index (χ0v) is 21.7. The fourth-order valence-corrected chi connectivity index (χ4v) is 4.27. The minimum absolute atomic E-state index is 0.0883. The average Bonchev–Trinajstić information content (AvgIpc) is 3.60. The number of carbonyl (C=O) groups is 4. The number of ether oxygens (including phenoxy) is 1. The van der Waals surface area contributed by atoms with E-state index in [2.05, 4.69) is 10.6 Å². The van der Waals surface area contributed by atoms with Crippen LogP contribution in [0, 0.1) is 0 Å². The first-order valence-electron chi connectivity index (χ1n) is 11.2. The van der Waals surface area contributed by atoms with E-state index >= 15 is 0 Å². The highest BCUT2D eigenvalue weighted by Crippen LogP contribution is 2.33. The molecule has 38 heavy (non-hydrogen) atoms. The van der Waals surface area contributed by atoms with Gasteiger partial charge in [-0.05, 0) is 55.5 Å². The van der Waals surface area contributed by atoms with Crippen LogP contribution in [0.2, 0.25) is 10.0 Å². The lowest BCUT2D eigenvalue weighted by atomic mass is 10.1. The fourth-order valence-electron chi connectivity index (χ4n) is 3.75. The van der Waals surface area contributed by atoms with Crippen LogP contribution in [0.25, 0.3) is 6.08 Å². The largest absolute Gasteiger partial charge is 0.467 e. The highest BCUT2D eigenvalue weighted by atomic mass is 35.5. The van der Waals surface area contributed by atoms with Crippen molar-refractivity contribution in [3.63, 3.8) is 0 Å². The Bertz CT molecular complexity index is 1450. The topological polar surface area (TPSA) is 131 Å². The smallest absolute Gasteiger partial charge is 0.340 e. The first-order valence-corrected chi connectivity index (χ1v) is 11.9. The van der Waals surface area contributed by atoms with E-state index < -0.39 is 23.7 Å². The van der Waals surface area contributed by atoms with Crippen molar-refractivity contribution >= 4 is 58.7 Å². The third-order valence-corrected chi connectivity index (χ3v) is 5.95. The lowest BCUT2D eigenvalue weighted by Gasteiger charge is -2.15. The van der Waals surface area contributed by atoms with Crippen LogP contribution in [-0.4, -0.2) is 35.7 Å². The number of anilines is 1. The number of benzene rings is 1. The van der Waals surface area contributed by atoms with Gasteiger partial charge in [-0.15, -0.1) is 0 Å². The van der Waals surface area contributed by atoms with E-state index in [1.165, 1.54) is 42.5 Å². The Labute approximate surface area is 226 Å². The molecule has 0 saturated heterocycles. The number of hydrogen-bond acceptors (Lipinski definition) is 7. The van der Waals surface area contributed by atoms with E-state index in [4.69, 9.17) is 36.8 Å². The number of methoxy groups -OCH3 is 1. The third-order valence-electron chi connectivity index (χ3n) is 5.51. The molecule has 2 N–H and O–H groups in total. The standard InChI is InChI=1S/C26H21Cl2N3O7/c1-14-22(26(35)36-2)21(25(34)31(14)13-20-4-3-7-37-20)11-18-5-6-19(38-18)12-29-23(32)24(33)30-17-9-15(27)8-16(28)10-17/h3-11H,12-13H2,1-2H3,(H,29,32)(H,30,33). The molecule has 1 aliphatic rings. The van der Waals surface area contributed by atoms with Gasteiger partial charge < -0.3 is 29.1 Å². The average molecular weight is 558 g/mol. The maximum atomic E-state index is 13.2. The summed E-state index contributed by atoms with van der Waals surface area (Å²) in [6.45, 7) is 1.66. The van der Waals surface area contributed by atoms with E-state index in [1.807, 2.05) is 0 Å².